The lowest BCUT2D eigenvalue weighted by molar-refractivity contribution is -0.0556. The van der Waals surface area contributed by atoms with Crippen molar-refractivity contribution in [3.63, 3.8) is 0 Å². The highest BCUT2D eigenvalue weighted by Crippen LogP contribution is 2.35. The number of fused-ring (bicyclic) bond motifs is 1. The topological polar surface area (TPSA) is 93.9 Å². The molecule has 29 heavy (non-hydrogen) atoms. The first kappa shape index (κ1) is 21.1. The van der Waals surface area contributed by atoms with Crippen molar-refractivity contribution in [2.24, 2.45) is 0 Å². The summed E-state index contributed by atoms with van der Waals surface area (Å²) < 4.78 is 28.3. The van der Waals surface area contributed by atoms with E-state index < -0.39 is 12.5 Å². The molecule has 3 rings (SSSR count). The van der Waals surface area contributed by atoms with Crippen molar-refractivity contribution in [1.82, 2.24) is 9.97 Å². The normalized spacial score (nSPS) is 11.5. The van der Waals surface area contributed by atoms with Crippen LogP contribution in [0.3, 0.4) is 0 Å². The molecule has 0 fully saturated rings. The van der Waals surface area contributed by atoms with Gasteiger partial charge in [-0.15, -0.1) is 0 Å². The lowest BCUT2D eigenvalue weighted by atomic mass is 10.1. The van der Waals surface area contributed by atoms with Crippen molar-refractivity contribution in [2.45, 2.75) is 19.4 Å². The summed E-state index contributed by atoms with van der Waals surface area (Å²) >= 11 is 3.50. The third-order valence-corrected chi connectivity index (χ3v) is 5.12. The zero-order valence-corrected chi connectivity index (χ0v) is 17.4. The predicted octanol–water partition coefficient (Wildman–Crippen LogP) is 4.44. The van der Waals surface area contributed by atoms with E-state index in [4.69, 9.17) is 10.5 Å². The maximum absolute atomic E-state index is 13.8. The minimum absolute atomic E-state index is 0.240. The van der Waals surface area contributed by atoms with E-state index in [1.54, 1.807) is 20.0 Å². The van der Waals surface area contributed by atoms with Crippen LogP contribution in [0.25, 0.3) is 10.9 Å². The van der Waals surface area contributed by atoms with Gasteiger partial charge in [-0.05, 0) is 40.5 Å². The smallest absolute Gasteiger partial charge is 0.295 e. The molecular formula is C20H20BrF2N5O. The van der Waals surface area contributed by atoms with Crippen LogP contribution >= 0.6 is 15.9 Å². The largest absolute Gasteiger partial charge is 0.390 e. The van der Waals surface area contributed by atoms with Crippen LogP contribution in [0.4, 0.5) is 20.3 Å². The first-order valence-electron chi connectivity index (χ1n) is 8.81. The molecule has 6 nitrogen and oxygen atoms in total. The van der Waals surface area contributed by atoms with Gasteiger partial charge < -0.3 is 21.1 Å². The minimum Gasteiger partial charge on any atom is -0.390 e. The van der Waals surface area contributed by atoms with E-state index in [1.807, 2.05) is 6.07 Å². The summed E-state index contributed by atoms with van der Waals surface area (Å²) in [4.78, 5) is 8.93. The molecule has 0 radical (unpaired) electrons. The van der Waals surface area contributed by atoms with Gasteiger partial charge in [-0.2, -0.15) is 8.78 Å². The standard InChI is InChI=1S/C20H20BrF2N5O/c1-11-27-17-14(7-16(21)18(25-2)15(17)8-24)19(28-11)26-9-12-4-3-5-13(6-12)20(22,23)10-29/h3-8,24-25,29H,9-10H2,1-2H3,(H,26,27,28). The fraction of sp³-hybridized carbons (Fsp3) is 0.250. The van der Waals surface area contributed by atoms with Crippen LogP contribution in [-0.2, 0) is 12.5 Å². The number of nitrogens with one attached hydrogen (secondary N) is 3. The summed E-state index contributed by atoms with van der Waals surface area (Å²) in [7, 11) is 1.77. The Kier molecular flexibility index (Phi) is 6.09. The fourth-order valence-electron chi connectivity index (χ4n) is 3.08. The molecule has 1 aromatic heterocycles. The summed E-state index contributed by atoms with van der Waals surface area (Å²) in [5.74, 6) is -2.23. The second kappa shape index (κ2) is 8.38. The van der Waals surface area contributed by atoms with Crippen LogP contribution in [0.15, 0.2) is 34.8 Å². The zero-order valence-electron chi connectivity index (χ0n) is 15.9. The Labute approximate surface area is 175 Å². The number of hydrogen-bond acceptors (Lipinski definition) is 6. The molecule has 0 saturated carbocycles. The van der Waals surface area contributed by atoms with E-state index in [2.05, 4.69) is 36.5 Å². The molecule has 0 atom stereocenters. The van der Waals surface area contributed by atoms with Crippen LogP contribution < -0.4 is 10.6 Å². The molecule has 0 spiro atoms. The van der Waals surface area contributed by atoms with Crippen molar-refractivity contribution < 1.29 is 13.9 Å². The maximum Gasteiger partial charge on any atom is 0.295 e. The molecule has 2 aromatic carbocycles. The molecule has 0 amide bonds. The van der Waals surface area contributed by atoms with Crippen LogP contribution in [0.1, 0.15) is 22.5 Å². The molecule has 3 aromatic rings. The first-order valence-corrected chi connectivity index (χ1v) is 9.61. The van der Waals surface area contributed by atoms with E-state index in [0.717, 1.165) is 10.2 Å². The third kappa shape index (κ3) is 4.20. The number of aromatic nitrogens is 2. The Morgan fingerprint density at radius 3 is 2.69 bits per heavy atom. The number of alkyl halides is 2. The average Bonchev–Trinajstić information content (AvgIpc) is 2.71. The van der Waals surface area contributed by atoms with E-state index >= 15 is 0 Å². The zero-order chi connectivity index (χ0) is 21.2. The molecule has 4 N–H and O–H groups in total. The van der Waals surface area contributed by atoms with Crippen molar-refractivity contribution in [3.05, 3.63) is 57.3 Å². The van der Waals surface area contributed by atoms with Gasteiger partial charge in [-0.25, -0.2) is 9.97 Å². The van der Waals surface area contributed by atoms with Gasteiger partial charge in [0.1, 0.15) is 18.2 Å². The van der Waals surface area contributed by atoms with Crippen LogP contribution in [0.5, 0.6) is 0 Å². The third-order valence-electron chi connectivity index (χ3n) is 4.49. The van der Waals surface area contributed by atoms with Crippen molar-refractivity contribution in [2.75, 3.05) is 24.3 Å². The maximum atomic E-state index is 13.8. The molecule has 9 heteroatoms. The van der Waals surface area contributed by atoms with Crippen LogP contribution in [-0.4, -0.2) is 34.9 Å². The lowest BCUT2D eigenvalue weighted by Crippen LogP contribution is -2.18. The van der Waals surface area contributed by atoms with Crippen LogP contribution in [0.2, 0.25) is 0 Å². The predicted molar refractivity (Wildman–Crippen MR) is 114 cm³/mol. The van der Waals surface area contributed by atoms with Gasteiger partial charge in [0.2, 0.25) is 0 Å². The highest BCUT2D eigenvalue weighted by Gasteiger charge is 2.30. The molecule has 152 valence electrons. The van der Waals surface area contributed by atoms with Gasteiger partial charge in [-0.1, -0.05) is 18.2 Å². The number of aryl methyl sites for hydroxylation is 1. The number of halogens is 3. The molecule has 0 saturated heterocycles. The Balaban J connectivity index is 2.00. The van der Waals surface area contributed by atoms with Gasteiger partial charge in [0.15, 0.2) is 0 Å². The summed E-state index contributed by atoms with van der Waals surface area (Å²) in [6.07, 6.45) is 1.23. The number of nitrogens with zero attached hydrogens (tertiary/aromatic N) is 2. The molecular weight excluding hydrogens is 444 g/mol. The van der Waals surface area contributed by atoms with E-state index in [-0.39, 0.29) is 12.1 Å². The molecule has 0 bridgehead atoms. The van der Waals surface area contributed by atoms with Crippen molar-refractivity contribution in [1.29, 1.82) is 5.41 Å². The second-order valence-corrected chi connectivity index (χ2v) is 7.33. The van der Waals surface area contributed by atoms with E-state index in [9.17, 15) is 8.78 Å². The first-order chi connectivity index (χ1) is 13.8. The molecule has 0 aliphatic rings. The van der Waals surface area contributed by atoms with Gasteiger partial charge in [0, 0.05) is 40.8 Å². The quantitative estimate of drug-likeness (QED) is 0.388. The number of anilines is 2. The lowest BCUT2D eigenvalue weighted by Gasteiger charge is -2.16. The molecule has 1 heterocycles. The van der Waals surface area contributed by atoms with Gasteiger partial charge in [0.05, 0.1) is 11.2 Å². The number of rotatable bonds is 7. The highest BCUT2D eigenvalue weighted by atomic mass is 79.9. The van der Waals surface area contributed by atoms with Crippen molar-refractivity contribution in [3.8, 4) is 0 Å². The number of aliphatic hydroxyl groups is 1. The highest BCUT2D eigenvalue weighted by molar-refractivity contribution is 9.10. The van der Waals surface area contributed by atoms with E-state index in [0.29, 0.717) is 33.7 Å². The van der Waals surface area contributed by atoms with Gasteiger partial charge in [0.25, 0.3) is 5.92 Å². The number of benzene rings is 2. The fourth-order valence-corrected chi connectivity index (χ4v) is 3.73. The summed E-state index contributed by atoms with van der Waals surface area (Å²) in [5, 5.41) is 23.6. The second-order valence-electron chi connectivity index (χ2n) is 6.47. The summed E-state index contributed by atoms with van der Waals surface area (Å²) in [6, 6.07) is 7.75. The monoisotopic (exact) mass is 463 g/mol. The summed E-state index contributed by atoms with van der Waals surface area (Å²) in [6.45, 7) is 0.766. The van der Waals surface area contributed by atoms with Gasteiger partial charge >= 0.3 is 0 Å². The average molecular weight is 464 g/mol. The van der Waals surface area contributed by atoms with Crippen LogP contribution in [0, 0.1) is 12.3 Å². The summed E-state index contributed by atoms with van der Waals surface area (Å²) in [5.41, 5.74) is 2.36. The Hall–Kier alpha value is -2.65. The van der Waals surface area contributed by atoms with E-state index in [1.165, 1.54) is 24.4 Å². The SMILES string of the molecule is CNc1c(Br)cc2c(NCc3cccc(C(F)(F)CO)c3)nc(C)nc2c1C=N. The molecule has 0 aliphatic heterocycles. The molecule has 0 unspecified atom stereocenters. The molecule has 0 aliphatic carbocycles. The Morgan fingerprint density at radius 2 is 2.03 bits per heavy atom. The Morgan fingerprint density at radius 1 is 1.28 bits per heavy atom. The number of hydrogen-bond donors (Lipinski definition) is 4. The Bertz CT molecular complexity index is 1070. The van der Waals surface area contributed by atoms with Gasteiger partial charge in [-0.3, -0.25) is 0 Å². The van der Waals surface area contributed by atoms with Crippen molar-refractivity contribution >= 4 is 44.6 Å². The number of aliphatic hydroxyl groups excluding tert-OH is 1. The minimum atomic E-state index is -3.29.